The quantitative estimate of drug-likeness (QED) is 0.199. The summed E-state index contributed by atoms with van der Waals surface area (Å²) in [5, 5.41) is 5.04. The van der Waals surface area contributed by atoms with Crippen molar-refractivity contribution in [3.05, 3.63) is 119 Å². The van der Waals surface area contributed by atoms with E-state index in [-0.39, 0.29) is 26.2 Å². The number of nitrogens with one attached hydrogen (secondary N) is 1. The Bertz CT molecular complexity index is 1490. The Morgan fingerprint density at radius 1 is 0.810 bits per heavy atom. The largest absolute Gasteiger partial charge is 0.367 e. The van der Waals surface area contributed by atoms with E-state index in [1.165, 1.54) is 4.90 Å². The topological polar surface area (TPSA) is 102 Å². The normalized spacial score (nSPS) is 11.7. The van der Waals surface area contributed by atoms with Crippen LogP contribution in [0.3, 0.4) is 0 Å². The molecular formula is C35H39N3O4. The van der Waals surface area contributed by atoms with Crippen LogP contribution >= 0.6 is 0 Å². The first-order chi connectivity index (χ1) is 20.5. The number of nitrogens with zero attached hydrogens (tertiary/aromatic N) is 1. The van der Waals surface area contributed by atoms with Gasteiger partial charge in [0.05, 0.1) is 6.61 Å². The fraction of sp³-hybridized carbons (Fsp3) is 0.286. The first-order valence-corrected chi connectivity index (χ1v) is 14.5. The van der Waals surface area contributed by atoms with Crippen molar-refractivity contribution in [3.8, 4) is 0 Å². The van der Waals surface area contributed by atoms with Crippen LogP contribution < -0.4 is 11.1 Å². The van der Waals surface area contributed by atoms with Crippen molar-refractivity contribution < 1.29 is 19.1 Å². The van der Waals surface area contributed by atoms with Gasteiger partial charge in [0, 0.05) is 25.1 Å². The lowest BCUT2D eigenvalue weighted by atomic mass is 10.00. The number of amides is 3. The number of nitrogens with two attached hydrogens (primary N) is 1. The Hall–Kier alpha value is -4.33. The maximum Gasteiger partial charge on any atom is 0.255 e. The van der Waals surface area contributed by atoms with E-state index in [1.54, 1.807) is 18.2 Å². The molecule has 0 heterocycles. The van der Waals surface area contributed by atoms with Crippen molar-refractivity contribution in [3.63, 3.8) is 0 Å². The minimum atomic E-state index is -0.958. The molecule has 0 saturated heterocycles. The van der Waals surface area contributed by atoms with E-state index < -0.39 is 23.8 Å². The highest BCUT2D eigenvalue weighted by atomic mass is 16.5. The zero-order chi connectivity index (χ0) is 29.7. The number of ether oxygens (including phenoxy) is 1. The minimum Gasteiger partial charge on any atom is -0.367 e. The summed E-state index contributed by atoms with van der Waals surface area (Å²) < 4.78 is 5.70. The monoisotopic (exact) mass is 565 g/mol. The molecule has 0 aromatic heterocycles. The molecule has 42 heavy (non-hydrogen) atoms. The van der Waals surface area contributed by atoms with Gasteiger partial charge in [-0.3, -0.25) is 19.3 Å². The van der Waals surface area contributed by atoms with Crippen molar-refractivity contribution in [1.82, 2.24) is 10.2 Å². The number of carbonyl (C=O) groups is 3. The molecule has 0 spiro atoms. The van der Waals surface area contributed by atoms with Crippen LogP contribution in [-0.4, -0.2) is 41.8 Å². The Kier molecular flexibility index (Phi) is 11.4. The number of hydrogen-bond donors (Lipinski definition) is 2. The van der Waals surface area contributed by atoms with Crippen LogP contribution in [0.4, 0.5) is 0 Å². The molecule has 3 N–H and O–H groups in total. The van der Waals surface area contributed by atoms with Crippen LogP contribution in [0.1, 0.15) is 53.2 Å². The highest BCUT2D eigenvalue weighted by Gasteiger charge is 2.30. The summed E-state index contributed by atoms with van der Waals surface area (Å²) in [7, 11) is 0. The van der Waals surface area contributed by atoms with Gasteiger partial charge in [0.15, 0.2) is 0 Å². The van der Waals surface area contributed by atoms with Crippen LogP contribution in [0.2, 0.25) is 0 Å². The molecule has 7 nitrogen and oxygen atoms in total. The van der Waals surface area contributed by atoms with Gasteiger partial charge in [0.1, 0.15) is 12.6 Å². The summed E-state index contributed by atoms with van der Waals surface area (Å²) in [6.07, 6.45) is 2.71. The van der Waals surface area contributed by atoms with Crippen LogP contribution in [0, 0.1) is 0 Å². The number of hydrogen-bond acceptors (Lipinski definition) is 5. The molecule has 0 aliphatic carbocycles. The molecule has 1 atom stereocenters. The summed E-state index contributed by atoms with van der Waals surface area (Å²) >= 11 is 0. The lowest BCUT2D eigenvalue weighted by Crippen LogP contribution is -2.52. The number of carbonyl (C=O) groups excluding carboxylic acids is 3. The van der Waals surface area contributed by atoms with E-state index in [1.807, 2.05) is 78.9 Å². The number of unbranched alkanes of at least 4 members (excludes halogenated alkanes) is 2. The van der Waals surface area contributed by atoms with Gasteiger partial charge in [0.2, 0.25) is 0 Å². The van der Waals surface area contributed by atoms with E-state index in [9.17, 15) is 14.4 Å². The van der Waals surface area contributed by atoms with Gasteiger partial charge in [-0.05, 0) is 46.0 Å². The molecule has 0 radical (unpaired) electrons. The summed E-state index contributed by atoms with van der Waals surface area (Å²) in [5.41, 5.74) is 8.82. The van der Waals surface area contributed by atoms with E-state index >= 15 is 0 Å². The lowest BCUT2D eigenvalue weighted by Gasteiger charge is -2.27. The molecular weight excluding hydrogens is 526 g/mol. The second kappa shape index (κ2) is 15.6. The SMILES string of the molecule is CCCCCN(C(=O)COCc1ccccc1)C(=O)[C@H](Cc1ccc2ccccc2c1)NC(=O)c1cccc(CN)c1. The fourth-order valence-corrected chi connectivity index (χ4v) is 4.86. The number of imide groups is 1. The van der Waals surface area contributed by atoms with Crippen LogP contribution in [0.5, 0.6) is 0 Å². The van der Waals surface area contributed by atoms with Crippen molar-refractivity contribution in [2.24, 2.45) is 5.73 Å². The zero-order valence-corrected chi connectivity index (χ0v) is 24.1. The van der Waals surface area contributed by atoms with Crippen molar-refractivity contribution >= 4 is 28.5 Å². The Morgan fingerprint density at radius 3 is 2.31 bits per heavy atom. The van der Waals surface area contributed by atoms with Crippen molar-refractivity contribution in [2.45, 2.75) is 51.8 Å². The minimum absolute atomic E-state index is 0.231. The third-order valence-electron chi connectivity index (χ3n) is 7.17. The van der Waals surface area contributed by atoms with Crippen molar-refractivity contribution in [2.75, 3.05) is 13.2 Å². The first-order valence-electron chi connectivity index (χ1n) is 14.5. The summed E-state index contributed by atoms with van der Waals surface area (Å²) in [5.74, 6) is -1.27. The average Bonchev–Trinajstić information content (AvgIpc) is 3.03. The fourth-order valence-electron chi connectivity index (χ4n) is 4.86. The van der Waals surface area contributed by atoms with Gasteiger partial charge in [0.25, 0.3) is 17.7 Å². The van der Waals surface area contributed by atoms with E-state index in [2.05, 4.69) is 12.2 Å². The molecule has 0 aliphatic heterocycles. The number of fused-ring (bicyclic) bond motifs is 1. The van der Waals surface area contributed by atoms with Crippen LogP contribution in [0.25, 0.3) is 10.8 Å². The second-order valence-corrected chi connectivity index (χ2v) is 10.4. The van der Waals surface area contributed by atoms with Gasteiger partial charge in [-0.15, -0.1) is 0 Å². The predicted octanol–water partition coefficient (Wildman–Crippen LogP) is 5.40. The first kappa shape index (κ1) is 30.6. The molecule has 4 aromatic rings. The van der Waals surface area contributed by atoms with Gasteiger partial charge in [-0.1, -0.05) is 105 Å². The Morgan fingerprint density at radius 2 is 1.55 bits per heavy atom. The molecule has 0 bridgehead atoms. The average molecular weight is 566 g/mol. The molecule has 0 fully saturated rings. The smallest absolute Gasteiger partial charge is 0.255 e. The molecule has 4 aromatic carbocycles. The Labute approximate surface area is 247 Å². The lowest BCUT2D eigenvalue weighted by molar-refractivity contribution is -0.149. The summed E-state index contributed by atoms with van der Waals surface area (Å²) in [6, 6.07) is 29.6. The number of benzene rings is 4. The van der Waals surface area contributed by atoms with Gasteiger partial charge >= 0.3 is 0 Å². The van der Waals surface area contributed by atoms with E-state index in [4.69, 9.17) is 10.5 Å². The maximum atomic E-state index is 14.1. The van der Waals surface area contributed by atoms with E-state index in [0.717, 1.165) is 40.3 Å². The van der Waals surface area contributed by atoms with Crippen LogP contribution in [-0.2, 0) is 33.9 Å². The summed E-state index contributed by atoms with van der Waals surface area (Å²) in [6.45, 7) is 2.64. The summed E-state index contributed by atoms with van der Waals surface area (Å²) in [4.78, 5) is 42.1. The molecule has 4 rings (SSSR count). The zero-order valence-electron chi connectivity index (χ0n) is 24.1. The van der Waals surface area contributed by atoms with Gasteiger partial charge < -0.3 is 15.8 Å². The van der Waals surface area contributed by atoms with Crippen LogP contribution in [0.15, 0.2) is 97.1 Å². The van der Waals surface area contributed by atoms with Gasteiger partial charge in [-0.2, -0.15) is 0 Å². The van der Waals surface area contributed by atoms with Gasteiger partial charge in [-0.25, -0.2) is 0 Å². The van der Waals surface area contributed by atoms with Crippen molar-refractivity contribution in [1.29, 1.82) is 0 Å². The third-order valence-corrected chi connectivity index (χ3v) is 7.17. The Balaban J connectivity index is 1.57. The third kappa shape index (κ3) is 8.59. The molecule has 0 aliphatic rings. The highest BCUT2D eigenvalue weighted by molar-refractivity contribution is 6.02. The maximum absolute atomic E-state index is 14.1. The van der Waals surface area contributed by atoms with E-state index in [0.29, 0.717) is 18.5 Å². The molecule has 3 amide bonds. The molecule has 7 heteroatoms. The predicted molar refractivity (Wildman–Crippen MR) is 166 cm³/mol. The molecule has 0 saturated carbocycles. The highest BCUT2D eigenvalue weighted by Crippen LogP contribution is 2.18. The standard InChI is InChI=1S/C35H39N3O4/c1-2-3-9-19-38(33(39)25-42-24-26-11-5-4-6-12-26)35(41)32(37-34(40)31-16-10-13-28(21-31)23-36)22-27-17-18-29-14-7-8-15-30(29)20-27/h4-8,10-18,20-21,32H,2-3,9,19,22-25,36H2,1H3,(H,37,40)/t32-/m0/s1. The number of rotatable bonds is 14. The molecule has 0 unspecified atom stereocenters. The molecule has 218 valence electrons. The second-order valence-electron chi connectivity index (χ2n) is 10.4.